The number of hydrogen-bond donors (Lipinski definition) is 0. The Morgan fingerprint density at radius 1 is 1.09 bits per heavy atom. The van der Waals surface area contributed by atoms with E-state index in [9.17, 15) is 31.1 Å². The van der Waals surface area contributed by atoms with Crippen molar-refractivity contribution in [2.75, 3.05) is 11.4 Å². The summed E-state index contributed by atoms with van der Waals surface area (Å²) in [6.45, 7) is 3.15. The van der Waals surface area contributed by atoms with Gasteiger partial charge in [0.15, 0.2) is 0 Å². The molecular formula is C13H9F6NO2. The van der Waals surface area contributed by atoms with E-state index in [2.05, 4.69) is 6.58 Å². The van der Waals surface area contributed by atoms with Gasteiger partial charge in [-0.25, -0.2) is 4.79 Å². The van der Waals surface area contributed by atoms with Crippen LogP contribution in [0.1, 0.15) is 11.1 Å². The maximum absolute atomic E-state index is 12.7. The molecule has 1 saturated heterocycles. The fraction of sp³-hybridized carbons (Fsp3) is 0.308. The molecule has 0 aromatic heterocycles. The van der Waals surface area contributed by atoms with Crippen molar-refractivity contribution in [2.24, 2.45) is 0 Å². The molecule has 9 heteroatoms. The van der Waals surface area contributed by atoms with Crippen molar-refractivity contribution < 1.29 is 35.9 Å². The van der Waals surface area contributed by atoms with E-state index in [-0.39, 0.29) is 12.6 Å². The standard InChI is InChI=1S/C13H9F6NO2/c1-2-10-6-20(11(21)22-10)9-4-7(12(14,15)16)3-8(5-9)13(17,18)19/h2-5,10H,1,6H2. The summed E-state index contributed by atoms with van der Waals surface area (Å²) in [5, 5.41) is 0. The first-order valence-electron chi connectivity index (χ1n) is 5.92. The van der Waals surface area contributed by atoms with Crippen LogP contribution >= 0.6 is 0 Å². The fourth-order valence-electron chi connectivity index (χ4n) is 1.91. The van der Waals surface area contributed by atoms with E-state index in [0.717, 1.165) is 0 Å². The van der Waals surface area contributed by atoms with Crippen molar-refractivity contribution in [1.82, 2.24) is 0 Å². The van der Waals surface area contributed by atoms with Crippen LogP contribution in [0.5, 0.6) is 0 Å². The summed E-state index contributed by atoms with van der Waals surface area (Å²) < 4.78 is 81.2. The first kappa shape index (κ1) is 16.2. The molecule has 0 saturated carbocycles. The molecule has 3 nitrogen and oxygen atoms in total. The van der Waals surface area contributed by atoms with Crippen LogP contribution in [-0.2, 0) is 17.1 Å². The van der Waals surface area contributed by atoms with Gasteiger partial charge in [0.1, 0.15) is 6.10 Å². The Hall–Kier alpha value is -2.19. The Labute approximate surface area is 120 Å². The monoisotopic (exact) mass is 325 g/mol. The van der Waals surface area contributed by atoms with E-state index in [4.69, 9.17) is 4.74 Å². The van der Waals surface area contributed by atoms with Crippen LogP contribution in [0.4, 0.5) is 36.8 Å². The highest BCUT2D eigenvalue weighted by Gasteiger charge is 2.39. The molecule has 1 fully saturated rings. The molecule has 0 radical (unpaired) electrons. The predicted octanol–water partition coefficient (Wildman–Crippen LogP) is 4.24. The Balaban J connectivity index is 2.52. The molecule has 0 spiro atoms. The quantitative estimate of drug-likeness (QED) is 0.601. The van der Waals surface area contributed by atoms with Gasteiger partial charge in [-0.1, -0.05) is 6.58 Å². The molecule has 1 aromatic carbocycles. The van der Waals surface area contributed by atoms with E-state index in [1.807, 2.05) is 0 Å². The van der Waals surface area contributed by atoms with E-state index in [0.29, 0.717) is 17.0 Å². The third-order valence-corrected chi connectivity index (χ3v) is 2.98. The van der Waals surface area contributed by atoms with E-state index in [1.165, 1.54) is 6.08 Å². The average molecular weight is 325 g/mol. The zero-order valence-electron chi connectivity index (χ0n) is 10.8. The van der Waals surface area contributed by atoms with Gasteiger partial charge < -0.3 is 4.74 Å². The van der Waals surface area contributed by atoms with Crippen molar-refractivity contribution in [1.29, 1.82) is 0 Å². The molecule has 0 N–H and O–H groups in total. The molecule has 120 valence electrons. The van der Waals surface area contributed by atoms with Crippen LogP contribution in [0.3, 0.4) is 0 Å². The topological polar surface area (TPSA) is 29.5 Å². The SMILES string of the molecule is C=CC1CN(c2cc(C(F)(F)F)cc(C(F)(F)F)c2)C(=O)O1. The third kappa shape index (κ3) is 3.18. The van der Waals surface area contributed by atoms with Crippen molar-refractivity contribution >= 4 is 11.8 Å². The molecule has 0 aliphatic carbocycles. The van der Waals surface area contributed by atoms with Crippen LogP contribution in [-0.4, -0.2) is 18.7 Å². The van der Waals surface area contributed by atoms with Crippen molar-refractivity contribution in [3.05, 3.63) is 42.0 Å². The zero-order valence-corrected chi connectivity index (χ0v) is 10.8. The maximum atomic E-state index is 12.7. The molecule has 1 aliphatic rings. The minimum Gasteiger partial charge on any atom is -0.440 e. The number of halogens is 6. The lowest BCUT2D eigenvalue weighted by Gasteiger charge is -2.18. The van der Waals surface area contributed by atoms with Gasteiger partial charge in [-0.05, 0) is 24.3 Å². The van der Waals surface area contributed by atoms with Crippen LogP contribution in [0.25, 0.3) is 0 Å². The molecule has 0 bridgehead atoms. The number of hydrogen-bond acceptors (Lipinski definition) is 2. The molecule has 1 amide bonds. The molecule has 1 aliphatic heterocycles. The zero-order chi connectivity index (χ0) is 16.7. The van der Waals surface area contributed by atoms with Crippen molar-refractivity contribution in [3.63, 3.8) is 0 Å². The van der Waals surface area contributed by atoms with Gasteiger partial charge in [-0.15, -0.1) is 0 Å². The first-order chi connectivity index (χ1) is 10.0. The Bertz CT molecular complexity index is 575. The normalized spacial score (nSPS) is 19.3. The van der Waals surface area contributed by atoms with Gasteiger partial charge >= 0.3 is 18.4 Å². The summed E-state index contributed by atoms with van der Waals surface area (Å²) >= 11 is 0. The smallest absolute Gasteiger partial charge is 0.416 e. The summed E-state index contributed by atoms with van der Waals surface area (Å²) in [5.41, 5.74) is -3.52. The van der Waals surface area contributed by atoms with Crippen LogP contribution in [0.15, 0.2) is 30.9 Å². The predicted molar refractivity (Wildman–Crippen MR) is 64.3 cm³/mol. The highest BCUT2D eigenvalue weighted by Crippen LogP contribution is 2.39. The molecule has 22 heavy (non-hydrogen) atoms. The minimum absolute atomic E-state index is 0.00408. The molecule has 1 atom stereocenters. The summed E-state index contributed by atoms with van der Waals surface area (Å²) in [6.07, 6.45) is -10.5. The number of nitrogens with zero attached hydrogens (tertiary/aromatic N) is 1. The Morgan fingerprint density at radius 3 is 1.95 bits per heavy atom. The molecule has 2 rings (SSSR count). The molecular weight excluding hydrogens is 316 g/mol. The molecule has 1 unspecified atom stereocenters. The number of cyclic esters (lactones) is 1. The summed E-state index contributed by atoms with van der Waals surface area (Å²) in [4.78, 5) is 12.3. The van der Waals surface area contributed by atoms with E-state index < -0.39 is 41.4 Å². The van der Waals surface area contributed by atoms with E-state index >= 15 is 0 Å². The number of ether oxygens (including phenoxy) is 1. The number of benzene rings is 1. The van der Waals surface area contributed by atoms with Crippen molar-refractivity contribution in [3.8, 4) is 0 Å². The van der Waals surface area contributed by atoms with Gasteiger partial charge in [0.25, 0.3) is 0 Å². The third-order valence-electron chi connectivity index (χ3n) is 2.98. The number of carbonyl (C=O) groups is 1. The minimum atomic E-state index is -4.97. The Morgan fingerprint density at radius 2 is 1.59 bits per heavy atom. The lowest BCUT2D eigenvalue weighted by molar-refractivity contribution is -0.143. The van der Waals surface area contributed by atoms with Gasteiger partial charge in [-0.3, -0.25) is 4.90 Å². The van der Waals surface area contributed by atoms with Gasteiger partial charge in [0.2, 0.25) is 0 Å². The fourth-order valence-corrected chi connectivity index (χ4v) is 1.91. The number of anilines is 1. The summed E-state index contributed by atoms with van der Waals surface area (Å²) in [5.74, 6) is 0. The van der Waals surface area contributed by atoms with Gasteiger partial charge in [0, 0.05) is 5.69 Å². The first-order valence-corrected chi connectivity index (χ1v) is 5.92. The van der Waals surface area contributed by atoms with Gasteiger partial charge in [0.05, 0.1) is 17.7 Å². The lowest BCUT2D eigenvalue weighted by Crippen LogP contribution is -2.25. The second-order valence-electron chi connectivity index (χ2n) is 4.53. The summed E-state index contributed by atoms with van der Waals surface area (Å²) in [6, 6.07) is 0.944. The second kappa shape index (κ2) is 5.22. The largest absolute Gasteiger partial charge is 0.440 e. The number of rotatable bonds is 2. The highest BCUT2D eigenvalue weighted by molar-refractivity contribution is 5.90. The molecule has 1 aromatic rings. The van der Waals surface area contributed by atoms with Crippen LogP contribution in [0, 0.1) is 0 Å². The van der Waals surface area contributed by atoms with Gasteiger partial charge in [-0.2, -0.15) is 26.3 Å². The number of alkyl halides is 6. The second-order valence-corrected chi connectivity index (χ2v) is 4.53. The van der Waals surface area contributed by atoms with Crippen LogP contribution < -0.4 is 4.90 Å². The molecule has 1 heterocycles. The number of amides is 1. The average Bonchev–Trinajstić information content (AvgIpc) is 2.77. The number of carbonyl (C=O) groups excluding carboxylic acids is 1. The Kier molecular flexibility index (Phi) is 3.84. The van der Waals surface area contributed by atoms with E-state index in [1.54, 1.807) is 0 Å². The maximum Gasteiger partial charge on any atom is 0.416 e. The summed E-state index contributed by atoms with van der Waals surface area (Å²) in [7, 11) is 0. The van der Waals surface area contributed by atoms with Crippen molar-refractivity contribution in [2.45, 2.75) is 18.5 Å². The van der Waals surface area contributed by atoms with Crippen LogP contribution in [0.2, 0.25) is 0 Å². The highest BCUT2D eigenvalue weighted by atomic mass is 19.4. The lowest BCUT2D eigenvalue weighted by atomic mass is 10.1.